The molecule has 0 spiro atoms. The van der Waals surface area contributed by atoms with Crippen molar-refractivity contribution >= 4 is 45.1 Å². The van der Waals surface area contributed by atoms with Gasteiger partial charge in [-0.15, -0.1) is 0 Å². The zero-order valence-electron chi connectivity index (χ0n) is 15.2. The van der Waals surface area contributed by atoms with Crippen LogP contribution in [0.2, 0.25) is 5.02 Å². The van der Waals surface area contributed by atoms with Gasteiger partial charge in [0, 0.05) is 31.2 Å². The number of benzene rings is 1. The highest BCUT2D eigenvalue weighted by Crippen LogP contribution is 2.38. The Kier molecular flexibility index (Phi) is 5.03. The van der Waals surface area contributed by atoms with Gasteiger partial charge in [0.05, 0.1) is 16.1 Å². The number of aromatic nitrogens is 2. The first-order valence-corrected chi connectivity index (χ1v) is 10.0. The Morgan fingerprint density at radius 1 is 1.39 bits per heavy atom. The number of fused-ring (bicyclic) bond motifs is 1. The van der Waals surface area contributed by atoms with Gasteiger partial charge in [0.25, 0.3) is 0 Å². The smallest absolute Gasteiger partial charge is 0.246 e. The third-order valence-electron chi connectivity index (χ3n) is 4.91. The van der Waals surface area contributed by atoms with Crippen LogP contribution in [0.5, 0.6) is 0 Å². The Morgan fingerprint density at radius 3 is 2.89 bits per heavy atom. The molecule has 4 rings (SSSR count). The Hall–Kier alpha value is -2.51. The van der Waals surface area contributed by atoms with Crippen molar-refractivity contribution in [2.45, 2.75) is 13.0 Å². The number of hydrogen-bond donors (Lipinski definition) is 0. The van der Waals surface area contributed by atoms with Crippen molar-refractivity contribution in [2.24, 2.45) is 0 Å². The molecule has 5 nitrogen and oxygen atoms in total. The molecule has 28 heavy (non-hydrogen) atoms. The van der Waals surface area contributed by atoms with Crippen LogP contribution in [-0.4, -0.2) is 45.8 Å². The first-order valence-electron chi connectivity index (χ1n) is 8.88. The second-order valence-electron chi connectivity index (χ2n) is 6.69. The summed E-state index contributed by atoms with van der Waals surface area (Å²) < 4.78 is 18.6. The topological polar surface area (TPSA) is 49.3 Å². The third-order valence-corrected chi connectivity index (χ3v) is 6.09. The molecule has 0 saturated carbocycles. The monoisotopic (exact) mass is 416 g/mol. The molecule has 0 bridgehead atoms. The maximum absolute atomic E-state index is 14.2. The molecule has 3 heterocycles. The highest BCUT2D eigenvalue weighted by Gasteiger charge is 2.28. The second kappa shape index (κ2) is 7.48. The predicted molar refractivity (Wildman–Crippen MR) is 111 cm³/mol. The number of rotatable bonds is 3. The van der Waals surface area contributed by atoms with Crippen LogP contribution in [0.25, 0.3) is 22.3 Å². The Morgan fingerprint density at radius 2 is 2.18 bits per heavy atom. The summed E-state index contributed by atoms with van der Waals surface area (Å²) in [5, 5.41) is 2.18. The number of nitrogens with zero attached hydrogens (tertiary/aromatic N) is 4. The van der Waals surface area contributed by atoms with E-state index in [1.165, 1.54) is 23.7 Å². The highest BCUT2D eigenvalue weighted by atomic mass is 35.5. The van der Waals surface area contributed by atoms with Crippen molar-refractivity contribution in [3.63, 3.8) is 0 Å². The highest BCUT2D eigenvalue weighted by molar-refractivity contribution is 7.11. The fourth-order valence-corrected chi connectivity index (χ4v) is 4.67. The molecule has 0 radical (unpaired) electrons. The molecule has 1 atom stereocenters. The lowest BCUT2D eigenvalue weighted by Gasteiger charge is -2.40. The summed E-state index contributed by atoms with van der Waals surface area (Å²) in [4.78, 5) is 20.4. The first-order chi connectivity index (χ1) is 13.5. The zero-order chi connectivity index (χ0) is 19.8. The van der Waals surface area contributed by atoms with E-state index < -0.39 is 0 Å². The molecule has 1 aliphatic rings. The summed E-state index contributed by atoms with van der Waals surface area (Å²) in [6, 6.07) is 8.34. The molecule has 0 aliphatic carbocycles. The molecule has 1 amide bonds. The summed E-state index contributed by atoms with van der Waals surface area (Å²) in [5.41, 5.74) is 1.28. The molecular formula is C20H18ClFN4OS. The number of hydrogen-bond acceptors (Lipinski definition) is 5. The summed E-state index contributed by atoms with van der Waals surface area (Å²) >= 11 is 7.81. The maximum atomic E-state index is 14.2. The van der Waals surface area contributed by atoms with Gasteiger partial charge in [-0.3, -0.25) is 4.79 Å². The molecule has 1 aliphatic heterocycles. The van der Waals surface area contributed by atoms with Crippen molar-refractivity contribution in [1.82, 2.24) is 14.3 Å². The largest absolute Gasteiger partial charge is 0.355 e. The lowest BCUT2D eigenvalue weighted by atomic mass is 10.1. The van der Waals surface area contributed by atoms with Gasteiger partial charge >= 0.3 is 0 Å². The average molecular weight is 417 g/mol. The van der Waals surface area contributed by atoms with Crippen molar-refractivity contribution in [2.75, 3.05) is 24.5 Å². The molecule has 1 aromatic carbocycles. The normalized spacial score (nSPS) is 17.2. The van der Waals surface area contributed by atoms with Gasteiger partial charge in [-0.2, -0.15) is 4.37 Å². The zero-order valence-corrected chi connectivity index (χ0v) is 16.8. The van der Waals surface area contributed by atoms with Crippen LogP contribution in [-0.2, 0) is 4.79 Å². The molecular weight excluding hydrogens is 399 g/mol. The van der Waals surface area contributed by atoms with Crippen molar-refractivity contribution in [3.8, 4) is 11.3 Å². The van der Waals surface area contributed by atoms with Crippen LogP contribution >= 0.6 is 23.1 Å². The lowest BCUT2D eigenvalue weighted by Crippen LogP contribution is -2.53. The van der Waals surface area contributed by atoms with Gasteiger partial charge < -0.3 is 9.80 Å². The Labute approximate surface area is 171 Å². The van der Waals surface area contributed by atoms with E-state index in [-0.39, 0.29) is 17.8 Å². The van der Waals surface area contributed by atoms with Gasteiger partial charge in [0.2, 0.25) is 5.91 Å². The van der Waals surface area contributed by atoms with E-state index in [0.29, 0.717) is 41.6 Å². The quantitative estimate of drug-likeness (QED) is 0.595. The Bertz CT molecular complexity index is 1070. The second-order valence-corrected chi connectivity index (χ2v) is 7.85. The van der Waals surface area contributed by atoms with Crippen molar-refractivity contribution < 1.29 is 9.18 Å². The van der Waals surface area contributed by atoms with Crippen LogP contribution in [0.1, 0.15) is 6.92 Å². The number of amides is 1. The lowest BCUT2D eigenvalue weighted by molar-refractivity contribution is -0.126. The predicted octanol–water partition coefficient (Wildman–Crippen LogP) is 4.37. The fraction of sp³-hybridized carbons (Fsp3) is 0.250. The van der Waals surface area contributed by atoms with Crippen LogP contribution in [0.3, 0.4) is 0 Å². The van der Waals surface area contributed by atoms with E-state index in [1.54, 1.807) is 29.2 Å². The van der Waals surface area contributed by atoms with Gasteiger partial charge in [-0.25, -0.2) is 9.37 Å². The number of carbonyl (C=O) groups excluding carboxylic acids is 1. The minimum absolute atomic E-state index is 0.0556. The summed E-state index contributed by atoms with van der Waals surface area (Å²) in [5.74, 6) is -0.428. The molecule has 144 valence electrons. The number of anilines is 1. The van der Waals surface area contributed by atoms with Crippen LogP contribution in [0, 0.1) is 5.82 Å². The van der Waals surface area contributed by atoms with Gasteiger partial charge in [0.15, 0.2) is 5.65 Å². The van der Waals surface area contributed by atoms with E-state index in [9.17, 15) is 9.18 Å². The van der Waals surface area contributed by atoms with Crippen LogP contribution in [0.4, 0.5) is 9.39 Å². The Balaban J connectivity index is 1.69. The minimum Gasteiger partial charge on any atom is -0.355 e. The van der Waals surface area contributed by atoms with Crippen LogP contribution < -0.4 is 4.90 Å². The number of carbonyl (C=O) groups is 1. The number of halogens is 2. The summed E-state index contributed by atoms with van der Waals surface area (Å²) in [6.07, 6.45) is 1.35. The molecule has 8 heteroatoms. The standard InChI is InChI=1S/C20H18ClFN4OS/c1-3-17(27)25-8-9-26(12(2)11-25)20-14-10-15(21)18(23-19(14)24-28-20)13-6-4-5-7-16(13)22/h3-7,10,12H,1,8-9,11H2,2H3/t12-/m1/s1. The van der Waals surface area contributed by atoms with E-state index in [4.69, 9.17) is 11.6 Å². The van der Waals surface area contributed by atoms with E-state index in [0.717, 1.165) is 10.4 Å². The summed E-state index contributed by atoms with van der Waals surface area (Å²) in [6.45, 7) is 7.53. The van der Waals surface area contributed by atoms with Gasteiger partial charge in [-0.1, -0.05) is 30.3 Å². The molecule has 0 N–H and O–H groups in total. The minimum atomic E-state index is -0.372. The molecule has 1 saturated heterocycles. The SMILES string of the molecule is C=CC(=O)N1CCN(c2snc3nc(-c4ccccc4F)c(Cl)cc23)[C@H](C)C1. The van der Waals surface area contributed by atoms with E-state index in [1.807, 2.05) is 0 Å². The van der Waals surface area contributed by atoms with Crippen molar-refractivity contribution in [1.29, 1.82) is 0 Å². The summed E-state index contributed by atoms with van der Waals surface area (Å²) in [7, 11) is 0. The molecule has 2 aromatic heterocycles. The van der Waals surface area contributed by atoms with E-state index >= 15 is 0 Å². The van der Waals surface area contributed by atoms with Crippen LogP contribution in [0.15, 0.2) is 43.0 Å². The fourth-order valence-electron chi connectivity index (χ4n) is 3.48. The van der Waals surface area contributed by atoms with Gasteiger partial charge in [0.1, 0.15) is 10.8 Å². The maximum Gasteiger partial charge on any atom is 0.246 e. The molecule has 3 aromatic rings. The molecule has 0 unspecified atom stereocenters. The van der Waals surface area contributed by atoms with E-state index in [2.05, 4.69) is 27.8 Å². The molecule has 1 fully saturated rings. The number of pyridine rings is 1. The number of piperazine rings is 1. The van der Waals surface area contributed by atoms with Gasteiger partial charge in [-0.05, 0) is 42.7 Å². The first kappa shape index (κ1) is 18.8. The third kappa shape index (κ3) is 3.25. The van der Waals surface area contributed by atoms with Crippen molar-refractivity contribution in [3.05, 3.63) is 53.8 Å². The average Bonchev–Trinajstić information content (AvgIpc) is 3.09.